The zero-order valence-electron chi connectivity index (χ0n) is 30.7. The highest BCUT2D eigenvalue weighted by molar-refractivity contribution is 5.88. The van der Waals surface area contributed by atoms with Crippen LogP contribution in [0.5, 0.6) is 5.75 Å². The molecule has 9 heterocycles. The van der Waals surface area contributed by atoms with E-state index in [4.69, 9.17) is 18.9 Å². The predicted octanol–water partition coefficient (Wildman–Crippen LogP) is 5.55. The van der Waals surface area contributed by atoms with Crippen molar-refractivity contribution in [3.05, 3.63) is 70.9 Å². The first kappa shape index (κ1) is 31.2. The van der Waals surface area contributed by atoms with E-state index in [0.717, 1.165) is 56.6 Å². The Bertz CT molecular complexity index is 2040. The number of hydrogen-bond acceptors (Lipinski definition) is 8. The molecule has 11 rings (SSSR count). The summed E-state index contributed by atoms with van der Waals surface area (Å²) >= 11 is 0. The summed E-state index contributed by atoms with van der Waals surface area (Å²) in [5, 5.41) is 1.33. The van der Waals surface area contributed by atoms with Crippen LogP contribution in [-0.2, 0) is 37.9 Å². The molecule has 2 aromatic carbocycles. The molecule has 3 aromatic rings. The molecular weight excluding hydrogens is 640 g/mol. The SMILES string of the molecule is CC=C1CN2CCC34CC5C6CC7c8c(c9cc(OC)ccc9n8C)CC(C6COC5(C)OC35C2CC1C(C(=O)OC)N5c1ccccc14)N7C. The number of likely N-dealkylation sites (N-methyl/N-ethyl adjacent to an activating group) is 1. The number of methoxy groups -OCH3 is 2. The molecule has 1 aromatic heterocycles. The molecule has 0 saturated carbocycles. The number of fused-ring (bicyclic) bond motifs is 13. The van der Waals surface area contributed by atoms with E-state index in [1.54, 1.807) is 14.2 Å². The van der Waals surface area contributed by atoms with Crippen LogP contribution in [0.3, 0.4) is 0 Å². The number of piperidine rings is 4. The number of carbonyl (C=O) groups excluding carboxylic acids is 1. The van der Waals surface area contributed by atoms with E-state index in [9.17, 15) is 4.79 Å². The second-order valence-electron chi connectivity index (χ2n) is 17.1. The number of carbonyl (C=O) groups is 1. The van der Waals surface area contributed by atoms with Crippen molar-refractivity contribution in [2.24, 2.45) is 30.7 Å². The molecular formula is C42H50N4O5. The molecule has 6 fully saturated rings. The first-order valence-electron chi connectivity index (χ1n) is 19.3. The number of esters is 1. The molecule has 0 N–H and O–H groups in total. The lowest BCUT2D eigenvalue weighted by molar-refractivity contribution is -0.401. The van der Waals surface area contributed by atoms with Crippen molar-refractivity contribution in [1.29, 1.82) is 0 Å². The molecule has 51 heavy (non-hydrogen) atoms. The third kappa shape index (κ3) is 3.51. The zero-order valence-corrected chi connectivity index (χ0v) is 30.7. The van der Waals surface area contributed by atoms with Crippen molar-refractivity contribution in [3.8, 4) is 5.75 Å². The lowest BCUT2D eigenvalue weighted by Crippen LogP contribution is -2.85. The van der Waals surface area contributed by atoms with Crippen LogP contribution in [0.2, 0.25) is 0 Å². The molecule has 1 spiro atoms. The van der Waals surface area contributed by atoms with Crippen LogP contribution in [0, 0.1) is 23.7 Å². The first-order chi connectivity index (χ1) is 24.7. The number of hydrogen-bond donors (Lipinski definition) is 0. The van der Waals surface area contributed by atoms with E-state index in [1.807, 2.05) is 0 Å². The summed E-state index contributed by atoms with van der Waals surface area (Å²) in [6.07, 6.45) is 7.23. The van der Waals surface area contributed by atoms with Gasteiger partial charge < -0.3 is 28.4 Å². The van der Waals surface area contributed by atoms with Crippen molar-refractivity contribution < 1.29 is 23.7 Å². The van der Waals surface area contributed by atoms with Crippen molar-refractivity contribution >= 4 is 22.6 Å². The van der Waals surface area contributed by atoms with Gasteiger partial charge in [0.2, 0.25) is 0 Å². The number of para-hydroxylation sites is 1. The van der Waals surface area contributed by atoms with Crippen molar-refractivity contribution in [3.63, 3.8) is 0 Å². The highest BCUT2D eigenvalue weighted by Crippen LogP contribution is 2.72. The fourth-order valence-corrected chi connectivity index (χ4v) is 13.7. The van der Waals surface area contributed by atoms with Gasteiger partial charge >= 0.3 is 5.97 Å². The number of allylic oxidation sites excluding steroid dienone is 1. The number of anilines is 1. The highest BCUT2D eigenvalue weighted by Gasteiger charge is 2.80. The van der Waals surface area contributed by atoms with Gasteiger partial charge in [-0.3, -0.25) is 9.80 Å². The number of ether oxygens (including phenoxy) is 4. The van der Waals surface area contributed by atoms with E-state index in [0.29, 0.717) is 30.5 Å². The van der Waals surface area contributed by atoms with Crippen LogP contribution in [0.15, 0.2) is 54.1 Å². The number of aryl methyl sites for hydroxylation is 1. The third-order valence-electron chi connectivity index (χ3n) is 15.8. The Morgan fingerprint density at radius 3 is 2.73 bits per heavy atom. The summed E-state index contributed by atoms with van der Waals surface area (Å²) in [6, 6.07) is 15.9. The zero-order chi connectivity index (χ0) is 34.8. The van der Waals surface area contributed by atoms with Gasteiger partial charge in [-0.25, -0.2) is 4.79 Å². The van der Waals surface area contributed by atoms with Crippen LogP contribution in [0.4, 0.5) is 5.69 Å². The number of nitrogens with zero attached hydrogens (tertiary/aromatic N) is 4. The molecule has 0 radical (unpaired) electrons. The smallest absolute Gasteiger partial charge is 0.329 e. The second-order valence-corrected chi connectivity index (χ2v) is 17.1. The maximum absolute atomic E-state index is 14.1. The lowest BCUT2D eigenvalue weighted by Gasteiger charge is -2.72. The van der Waals surface area contributed by atoms with Gasteiger partial charge in [0.05, 0.1) is 32.9 Å². The molecule has 9 heteroatoms. The average molecular weight is 691 g/mol. The van der Waals surface area contributed by atoms with Gasteiger partial charge in [-0.1, -0.05) is 29.8 Å². The average Bonchev–Trinajstić information content (AvgIpc) is 3.55. The van der Waals surface area contributed by atoms with Crippen LogP contribution in [0.25, 0.3) is 10.9 Å². The minimum absolute atomic E-state index is 0.0882. The Kier molecular flexibility index (Phi) is 6.23. The lowest BCUT2D eigenvalue weighted by atomic mass is 9.52. The Morgan fingerprint density at radius 1 is 1.08 bits per heavy atom. The number of rotatable bonds is 2. The van der Waals surface area contributed by atoms with Gasteiger partial charge in [-0.05, 0) is 94.3 Å². The summed E-state index contributed by atoms with van der Waals surface area (Å²) in [4.78, 5) is 21.8. The van der Waals surface area contributed by atoms with Crippen molar-refractivity contribution in [2.45, 2.75) is 87.0 Å². The van der Waals surface area contributed by atoms with Gasteiger partial charge in [0, 0.05) is 71.6 Å². The second kappa shape index (κ2) is 10.2. The Labute approximate surface area is 300 Å². The van der Waals surface area contributed by atoms with Gasteiger partial charge in [0.15, 0.2) is 11.5 Å². The summed E-state index contributed by atoms with van der Waals surface area (Å²) in [5.41, 5.74) is 7.10. The molecule has 4 bridgehead atoms. The number of benzene rings is 2. The standard InChI is InChI=1S/C42H50N4O5/c1-7-23-21-45-15-14-41-20-31-26-17-35-37-28(27-16-24(48-5)12-13-32(27)44(37)4)18-34(43(35)3)29(26)22-50-40(31,2)51-42(41)36(45)19-25(23)38(39(47)49-6)46(42)33-11-9-8-10-30(33)41/h7-13,16,25-26,29,31,34-36,38H,14-15,17-22H2,1-6H3. The molecule has 6 saturated heterocycles. The quantitative estimate of drug-likeness (QED) is 0.256. The molecule has 9 nitrogen and oxygen atoms in total. The van der Waals surface area contributed by atoms with E-state index in [2.05, 4.69) is 95.8 Å². The molecule has 0 amide bonds. The molecule has 11 unspecified atom stereocenters. The fraction of sp³-hybridized carbons (Fsp3) is 0.595. The minimum Gasteiger partial charge on any atom is -0.497 e. The van der Waals surface area contributed by atoms with Gasteiger partial charge in [-0.15, -0.1) is 0 Å². The fourth-order valence-electron chi connectivity index (χ4n) is 13.7. The van der Waals surface area contributed by atoms with E-state index in [1.165, 1.54) is 33.3 Å². The molecule has 11 atom stereocenters. The summed E-state index contributed by atoms with van der Waals surface area (Å²) in [7, 11) is 7.91. The van der Waals surface area contributed by atoms with Gasteiger partial charge in [0.1, 0.15) is 11.8 Å². The van der Waals surface area contributed by atoms with E-state index >= 15 is 0 Å². The van der Waals surface area contributed by atoms with Gasteiger partial charge in [-0.2, -0.15) is 0 Å². The maximum Gasteiger partial charge on any atom is 0.329 e. The van der Waals surface area contributed by atoms with E-state index < -0.39 is 17.6 Å². The van der Waals surface area contributed by atoms with Gasteiger partial charge in [0.25, 0.3) is 0 Å². The monoisotopic (exact) mass is 690 g/mol. The van der Waals surface area contributed by atoms with Crippen molar-refractivity contribution in [2.75, 3.05) is 45.9 Å². The Morgan fingerprint density at radius 2 is 1.92 bits per heavy atom. The highest BCUT2D eigenvalue weighted by atomic mass is 16.7. The molecule has 8 aliphatic rings. The molecule has 8 aliphatic heterocycles. The van der Waals surface area contributed by atoms with Crippen LogP contribution < -0.4 is 9.64 Å². The minimum atomic E-state index is -0.776. The normalized spacial score (nSPS) is 42.5. The third-order valence-corrected chi connectivity index (χ3v) is 15.8. The molecule has 268 valence electrons. The van der Waals surface area contributed by atoms with Crippen LogP contribution in [0.1, 0.15) is 62.4 Å². The van der Waals surface area contributed by atoms with Crippen LogP contribution in [-0.4, -0.2) is 90.9 Å². The first-order valence-corrected chi connectivity index (χ1v) is 19.3. The summed E-state index contributed by atoms with van der Waals surface area (Å²) in [5.74, 6) is 1.15. The maximum atomic E-state index is 14.1. The van der Waals surface area contributed by atoms with E-state index in [-0.39, 0.29) is 29.3 Å². The Balaban J connectivity index is 1.06. The van der Waals surface area contributed by atoms with Crippen molar-refractivity contribution in [1.82, 2.24) is 14.4 Å². The van der Waals surface area contributed by atoms with Crippen LogP contribution >= 0.6 is 0 Å². The topological polar surface area (TPSA) is 68.6 Å². The molecule has 0 aliphatic carbocycles. The largest absolute Gasteiger partial charge is 0.497 e. The number of aromatic nitrogens is 1. The summed E-state index contributed by atoms with van der Waals surface area (Å²) in [6.45, 7) is 6.97. The predicted molar refractivity (Wildman–Crippen MR) is 194 cm³/mol. The Hall–Kier alpha value is -3.37. The summed E-state index contributed by atoms with van der Waals surface area (Å²) < 4.78 is 29.0.